The zero-order valence-corrected chi connectivity index (χ0v) is 17.5. The summed E-state index contributed by atoms with van der Waals surface area (Å²) in [6.45, 7) is 6.65. The molecule has 2 aromatic heterocycles. The van der Waals surface area contributed by atoms with Gasteiger partial charge in [-0.05, 0) is 49.4 Å². The molecule has 3 atom stereocenters. The summed E-state index contributed by atoms with van der Waals surface area (Å²) >= 11 is 0. The molecule has 3 unspecified atom stereocenters. The minimum absolute atomic E-state index is 0.308. The van der Waals surface area contributed by atoms with E-state index >= 15 is 0 Å². The van der Waals surface area contributed by atoms with Crippen LogP contribution < -0.4 is 5.32 Å². The Balaban J connectivity index is 0.000000204. The Morgan fingerprint density at radius 1 is 1.24 bits per heavy atom. The second kappa shape index (κ2) is 10.00. The van der Waals surface area contributed by atoms with Crippen molar-refractivity contribution in [1.29, 1.82) is 0 Å². The smallest absolute Gasteiger partial charge is 0.255 e. The third-order valence-electron chi connectivity index (χ3n) is 5.62. The van der Waals surface area contributed by atoms with Crippen LogP contribution in [0, 0.1) is 35.5 Å². The normalized spacial score (nSPS) is 23.4. The van der Waals surface area contributed by atoms with Gasteiger partial charge >= 0.3 is 0 Å². The number of anilines is 1. The molecule has 0 aromatic carbocycles. The molecule has 5 nitrogen and oxygen atoms in total. The maximum atomic E-state index is 12.2. The molecule has 4 rings (SSSR count). The van der Waals surface area contributed by atoms with E-state index in [1.54, 1.807) is 0 Å². The largest absolute Gasteiger partial charge is 0.362 e. The molecule has 2 aromatic rings. The van der Waals surface area contributed by atoms with Gasteiger partial charge in [0, 0.05) is 5.92 Å². The third-order valence-corrected chi connectivity index (χ3v) is 5.62. The maximum Gasteiger partial charge on any atom is 0.255 e. The van der Waals surface area contributed by atoms with Crippen molar-refractivity contribution in [2.75, 3.05) is 11.9 Å². The van der Waals surface area contributed by atoms with Gasteiger partial charge in [0.25, 0.3) is 6.43 Å². The lowest BCUT2D eigenvalue weighted by Gasteiger charge is -2.12. The number of hydrogen-bond acceptors (Lipinski definition) is 4. The van der Waals surface area contributed by atoms with Crippen LogP contribution in [-0.2, 0) is 0 Å². The van der Waals surface area contributed by atoms with E-state index in [0.717, 1.165) is 30.6 Å². The molecule has 2 aliphatic carbocycles. The van der Waals surface area contributed by atoms with Crippen LogP contribution in [0.15, 0.2) is 6.33 Å². The fourth-order valence-electron chi connectivity index (χ4n) is 4.03. The van der Waals surface area contributed by atoms with Gasteiger partial charge in [-0.15, -0.1) is 0 Å². The van der Waals surface area contributed by atoms with Gasteiger partial charge in [0.1, 0.15) is 5.52 Å². The van der Waals surface area contributed by atoms with Crippen LogP contribution in [0.4, 0.5) is 14.6 Å². The predicted molar refractivity (Wildman–Crippen MR) is 112 cm³/mol. The Morgan fingerprint density at radius 3 is 2.66 bits per heavy atom. The number of rotatable bonds is 5. The highest BCUT2D eigenvalue weighted by atomic mass is 19.3. The molecule has 29 heavy (non-hydrogen) atoms. The van der Waals surface area contributed by atoms with E-state index in [1.165, 1.54) is 32.0 Å². The summed E-state index contributed by atoms with van der Waals surface area (Å²) in [5.41, 5.74) is 0.935. The molecule has 7 heteroatoms. The summed E-state index contributed by atoms with van der Waals surface area (Å²) in [7, 11) is 0. The van der Waals surface area contributed by atoms with Gasteiger partial charge in [0.15, 0.2) is 11.5 Å². The van der Waals surface area contributed by atoms with Crippen LogP contribution in [-0.4, -0.2) is 32.9 Å². The Bertz CT molecular complexity index is 850. The van der Waals surface area contributed by atoms with E-state index in [-0.39, 0.29) is 0 Å². The number of hydrogen-bond donors (Lipinski definition) is 2. The number of nitrogens with one attached hydrogen (secondary N) is 2. The van der Waals surface area contributed by atoms with Crippen molar-refractivity contribution in [1.82, 2.24) is 19.9 Å². The van der Waals surface area contributed by atoms with Crippen molar-refractivity contribution in [3.8, 4) is 11.8 Å². The fourth-order valence-corrected chi connectivity index (χ4v) is 4.03. The third kappa shape index (κ3) is 6.38. The van der Waals surface area contributed by atoms with Gasteiger partial charge in [0.05, 0.1) is 12.9 Å². The zero-order chi connectivity index (χ0) is 20.8. The SMILES string of the molecule is CCCC1CC(C)CC1C.FC(F)CNc1nc(C#CC2CC2)nc2nc[nH]c12. The molecule has 2 heterocycles. The van der Waals surface area contributed by atoms with Crippen LogP contribution in [0.2, 0.25) is 0 Å². The first-order valence-electron chi connectivity index (χ1n) is 10.7. The summed E-state index contributed by atoms with van der Waals surface area (Å²) in [5.74, 6) is 10.0. The van der Waals surface area contributed by atoms with E-state index in [0.29, 0.717) is 28.7 Å². The number of aromatic nitrogens is 4. The van der Waals surface area contributed by atoms with E-state index in [1.807, 2.05) is 0 Å². The van der Waals surface area contributed by atoms with Gasteiger partial charge in [-0.3, -0.25) is 0 Å². The molecular weight excluding hydrogens is 372 g/mol. The van der Waals surface area contributed by atoms with Gasteiger partial charge in [-0.25, -0.2) is 18.7 Å². The lowest BCUT2D eigenvalue weighted by molar-refractivity contribution is 0.163. The van der Waals surface area contributed by atoms with E-state index in [9.17, 15) is 8.78 Å². The van der Waals surface area contributed by atoms with E-state index in [2.05, 4.69) is 57.9 Å². The number of imidazole rings is 1. The highest BCUT2D eigenvalue weighted by molar-refractivity contribution is 5.82. The van der Waals surface area contributed by atoms with Crippen LogP contribution in [0.25, 0.3) is 11.2 Å². The molecular formula is C22H31F2N5. The summed E-state index contributed by atoms with van der Waals surface area (Å²) in [6.07, 6.45) is 7.02. The Hall–Kier alpha value is -2.23. The van der Waals surface area contributed by atoms with Crippen molar-refractivity contribution < 1.29 is 8.78 Å². The zero-order valence-electron chi connectivity index (χ0n) is 17.5. The van der Waals surface area contributed by atoms with Gasteiger partial charge in [-0.2, -0.15) is 4.98 Å². The minimum Gasteiger partial charge on any atom is -0.362 e. The highest BCUT2D eigenvalue weighted by Crippen LogP contribution is 2.38. The maximum absolute atomic E-state index is 12.2. The Morgan fingerprint density at radius 2 is 2.03 bits per heavy atom. The molecule has 0 bridgehead atoms. The Labute approximate surface area is 171 Å². The van der Waals surface area contributed by atoms with Crippen molar-refractivity contribution >= 4 is 17.0 Å². The van der Waals surface area contributed by atoms with Crippen molar-refractivity contribution in [2.24, 2.45) is 23.7 Å². The van der Waals surface area contributed by atoms with Crippen molar-refractivity contribution in [3.63, 3.8) is 0 Å². The lowest BCUT2D eigenvalue weighted by atomic mass is 9.94. The van der Waals surface area contributed by atoms with Gasteiger partial charge < -0.3 is 10.3 Å². The first kappa shape index (κ1) is 21.5. The van der Waals surface area contributed by atoms with E-state index in [4.69, 9.17) is 0 Å². The van der Waals surface area contributed by atoms with Gasteiger partial charge in [-0.1, -0.05) is 39.5 Å². The van der Waals surface area contributed by atoms with Crippen molar-refractivity contribution in [3.05, 3.63) is 12.2 Å². The standard InChI is InChI=1S/C12H11F2N5.C10H20/c13-8(14)5-15-11-10-12(17-6-16-10)19-9(18-11)4-3-7-1-2-7;1-4-5-10-7-8(2)6-9(10)3/h6-8H,1-2,5H2,(H2,15,16,17,18,19);8-10H,4-7H2,1-3H3. The molecule has 2 aliphatic rings. The molecule has 0 radical (unpaired) electrons. The van der Waals surface area contributed by atoms with Crippen molar-refractivity contribution in [2.45, 2.75) is 65.7 Å². The molecule has 2 saturated carbocycles. The monoisotopic (exact) mass is 403 g/mol. The number of nitrogens with zero attached hydrogens (tertiary/aromatic N) is 3. The average molecular weight is 404 g/mol. The first-order valence-corrected chi connectivity index (χ1v) is 10.7. The molecule has 2 N–H and O–H groups in total. The molecule has 158 valence electrons. The first-order chi connectivity index (χ1) is 14.0. The number of aromatic amines is 1. The summed E-state index contributed by atoms with van der Waals surface area (Å²) in [6, 6.07) is 0. The highest BCUT2D eigenvalue weighted by Gasteiger charge is 2.27. The average Bonchev–Trinajstić information content (AvgIpc) is 3.29. The molecule has 0 spiro atoms. The fraction of sp³-hybridized carbons (Fsp3) is 0.682. The summed E-state index contributed by atoms with van der Waals surface area (Å²) < 4.78 is 24.5. The molecule has 0 amide bonds. The van der Waals surface area contributed by atoms with Gasteiger partial charge in [0.2, 0.25) is 5.82 Å². The summed E-state index contributed by atoms with van der Waals surface area (Å²) in [4.78, 5) is 15.1. The van der Waals surface area contributed by atoms with E-state index < -0.39 is 13.0 Å². The minimum atomic E-state index is -2.45. The quantitative estimate of drug-likeness (QED) is 0.668. The number of fused-ring (bicyclic) bond motifs is 1. The number of alkyl halides is 2. The molecule has 0 saturated heterocycles. The molecule has 0 aliphatic heterocycles. The lowest BCUT2D eigenvalue weighted by Crippen LogP contribution is -2.12. The van der Waals surface area contributed by atoms with Crippen LogP contribution >= 0.6 is 0 Å². The topological polar surface area (TPSA) is 66.5 Å². The summed E-state index contributed by atoms with van der Waals surface area (Å²) in [5, 5.41) is 2.58. The number of halogens is 2. The van der Waals surface area contributed by atoms with Crippen LogP contribution in [0.5, 0.6) is 0 Å². The van der Waals surface area contributed by atoms with Crippen LogP contribution in [0.3, 0.4) is 0 Å². The predicted octanol–water partition coefficient (Wildman–Crippen LogP) is 5.26. The van der Waals surface area contributed by atoms with Crippen LogP contribution in [0.1, 0.15) is 65.1 Å². The Kier molecular flexibility index (Phi) is 7.40. The second-order valence-corrected chi connectivity index (χ2v) is 8.42. The number of H-pyrrole nitrogens is 1. The second-order valence-electron chi connectivity index (χ2n) is 8.42. The molecule has 2 fully saturated rings.